The van der Waals surface area contributed by atoms with Crippen LogP contribution < -0.4 is 0 Å². The highest BCUT2D eigenvalue weighted by Gasteiger charge is 2.22. The minimum Gasteiger partial charge on any atom is -0.266 e. The maximum Gasteiger partial charge on any atom is 0.0926 e. The molecule has 0 saturated heterocycles. The normalized spacial score (nSPS) is 12.2. The monoisotopic (exact) mass is 276 g/mol. The van der Waals surface area contributed by atoms with E-state index in [2.05, 4.69) is 45.4 Å². The number of rotatable bonds is 2. The molecule has 0 radical (unpaired) electrons. The fraction of sp³-hybridized carbons (Fsp3) is 0.438. The molecule has 0 amide bonds. The first kappa shape index (κ1) is 14.1. The Morgan fingerprint density at radius 3 is 2.11 bits per heavy atom. The van der Waals surface area contributed by atoms with Crippen LogP contribution in [0.3, 0.4) is 0 Å². The summed E-state index contributed by atoms with van der Waals surface area (Å²) in [6.45, 7) is 11.0. The van der Waals surface area contributed by atoms with Gasteiger partial charge in [0.15, 0.2) is 0 Å². The summed E-state index contributed by atoms with van der Waals surface area (Å²) >= 11 is 5.93. The Morgan fingerprint density at radius 2 is 1.68 bits per heavy atom. The van der Waals surface area contributed by atoms with Gasteiger partial charge in [-0.3, -0.25) is 4.68 Å². The molecule has 102 valence electrons. The van der Waals surface area contributed by atoms with Gasteiger partial charge in [-0.2, -0.15) is 5.10 Å². The average Bonchev–Trinajstić information content (AvgIpc) is 2.74. The van der Waals surface area contributed by atoms with E-state index in [9.17, 15) is 0 Å². The predicted molar refractivity (Wildman–Crippen MR) is 81.8 cm³/mol. The SMILES string of the molecule is CC(C)n1nc(-c2ccc(Cl)cc2)cc1C(C)(C)C. The van der Waals surface area contributed by atoms with E-state index in [1.807, 2.05) is 24.3 Å². The Hall–Kier alpha value is -1.28. The lowest BCUT2D eigenvalue weighted by molar-refractivity contribution is 0.447. The average molecular weight is 277 g/mol. The van der Waals surface area contributed by atoms with Gasteiger partial charge >= 0.3 is 0 Å². The molecule has 3 heteroatoms. The minimum atomic E-state index is 0.0853. The van der Waals surface area contributed by atoms with Crippen molar-refractivity contribution < 1.29 is 0 Å². The summed E-state index contributed by atoms with van der Waals surface area (Å²) in [5.74, 6) is 0. The molecular weight excluding hydrogens is 256 g/mol. The number of nitrogens with zero attached hydrogens (tertiary/aromatic N) is 2. The van der Waals surface area contributed by atoms with Crippen molar-refractivity contribution in [3.05, 3.63) is 41.0 Å². The molecule has 2 nitrogen and oxygen atoms in total. The Balaban J connectivity index is 2.52. The summed E-state index contributed by atoms with van der Waals surface area (Å²) in [6, 6.07) is 10.4. The van der Waals surface area contributed by atoms with Crippen LogP contribution in [0.1, 0.15) is 46.4 Å². The molecule has 1 aromatic carbocycles. The molecule has 1 aromatic heterocycles. The van der Waals surface area contributed by atoms with E-state index < -0.39 is 0 Å². The summed E-state index contributed by atoms with van der Waals surface area (Å²) in [6.07, 6.45) is 0. The Bertz CT molecular complexity index is 559. The summed E-state index contributed by atoms with van der Waals surface area (Å²) in [7, 11) is 0. The fourth-order valence-corrected chi connectivity index (χ4v) is 2.24. The van der Waals surface area contributed by atoms with Gasteiger partial charge < -0.3 is 0 Å². The van der Waals surface area contributed by atoms with Crippen LogP contribution in [-0.4, -0.2) is 9.78 Å². The lowest BCUT2D eigenvalue weighted by Gasteiger charge is -2.22. The third kappa shape index (κ3) is 3.01. The minimum absolute atomic E-state index is 0.0853. The van der Waals surface area contributed by atoms with Gasteiger partial charge in [-0.05, 0) is 32.0 Å². The van der Waals surface area contributed by atoms with Crippen molar-refractivity contribution in [2.45, 2.75) is 46.1 Å². The van der Waals surface area contributed by atoms with Crippen LogP contribution in [0.5, 0.6) is 0 Å². The zero-order valence-electron chi connectivity index (χ0n) is 12.2. The van der Waals surface area contributed by atoms with Crippen molar-refractivity contribution in [2.75, 3.05) is 0 Å². The third-order valence-corrected chi connectivity index (χ3v) is 3.39. The molecule has 2 rings (SSSR count). The summed E-state index contributed by atoms with van der Waals surface area (Å²) < 4.78 is 2.12. The molecule has 0 N–H and O–H groups in total. The van der Waals surface area contributed by atoms with E-state index in [0.29, 0.717) is 6.04 Å². The van der Waals surface area contributed by atoms with Gasteiger partial charge in [0.25, 0.3) is 0 Å². The number of benzene rings is 1. The van der Waals surface area contributed by atoms with Gasteiger partial charge in [0, 0.05) is 27.7 Å². The Kier molecular flexibility index (Phi) is 3.73. The second kappa shape index (κ2) is 5.01. The van der Waals surface area contributed by atoms with Crippen molar-refractivity contribution in [2.24, 2.45) is 0 Å². The van der Waals surface area contributed by atoms with Gasteiger partial charge in [0.05, 0.1) is 5.69 Å². The Morgan fingerprint density at radius 1 is 1.11 bits per heavy atom. The first-order valence-electron chi connectivity index (χ1n) is 6.65. The maximum atomic E-state index is 5.93. The first-order chi connectivity index (χ1) is 8.79. The van der Waals surface area contributed by atoms with Crippen LogP contribution in [0.15, 0.2) is 30.3 Å². The molecule has 0 spiro atoms. The molecule has 0 atom stereocenters. The maximum absolute atomic E-state index is 5.93. The van der Waals surface area contributed by atoms with Crippen molar-refractivity contribution in [1.82, 2.24) is 9.78 Å². The van der Waals surface area contributed by atoms with Crippen LogP contribution in [-0.2, 0) is 5.41 Å². The van der Waals surface area contributed by atoms with Crippen molar-refractivity contribution in [3.63, 3.8) is 0 Å². The largest absolute Gasteiger partial charge is 0.266 e. The van der Waals surface area contributed by atoms with Crippen LogP contribution in [0.2, 0.25) is 5.02 Å². The molecule has 0 bridgehead atoms. The quantitative estimate of drug-likeness (QED) is 0.748. The van der Waals surface area contributed by atoms with Crippen LogP contribution in [0.25, 0.3) is 11.3 Å². The molecule has 0 aliphatic carbocycles. The molecule has 0 aliphatic rings. The highest BCUT2D eigenvalue weighted by Crippen LogP contribution is 2.30. The highest BCUT2D eigenvalue weighted by atomic mass is 35.5. The third-order valence-electron chi connectivity index (χ3n) is 3.13. The van der Waals surface area contributed by atoms with Crippen molar-refractivity contribution in [1.29, 1.82) is 0 Å². The second-order valence-corrected chi connectivity index (χ2v) is 6.65. The van der Waals surface area contributed by atoms with Crippen molar-refractivity contribution >= 4 is 11.6 Å². The van der Waals surface area contributed by atoms with Gasteiger partial charge in [-0.25, -0.2) is 0 Å². The van der Waals surface area contributed by atoms with E-state index >= 15 is 0 Å². The fourth-order valence-electron chi connectivity index (χ4n) is 2.11. The number of aromatic nitrogens is 2. The number of hydrogen-bond acceptors (Lipinski definition) is 1. The molecule has 0 fully saturated rings. The lowest BCUT2D eigenvalue weighted by atomic mass is 9.91. The lowest BCUT2D eigenvalue weighted by Crippen LogP contribution is -2.19. The van der Waals surface area contributed by atoms with E-state index in [0.717, 1.165) is 16.3 Å². The summed E-state index contributed by atoms with van der Waals surface area (Å²) in [5.41, 5.74) is 3.46. The second-order valence-electron chi connectivity index (χ2n) is 6.21. The molecule has 0 unspecified atom stereocenters. The molecule has 0 aliphatic heterocycles. The topological polar surface area (TPSA) is 17.8 Å². The van der Waals surface area contributed by atoms with Gasteiger partial charge in [0.2, 0.25) is 0 Å². The van der Waals surface area contributed by atoms with Gasteiger partial charge in [-0.15, -0.1) is 0 Å². The van der Waals surface area contributed by atoms with Gasteiger partial charge in [0.1, 0.15) is 0 Å². The van der Waals surface area contributed by atoms with Crippen LogP contribution in [0.4, 0.5) is 0 Å². The highest BCUT2D eigenvalue weighted by molar-refractivity contribution is 6.30. The van der Waals surface area contributed by atoms with Gasteiger partial charge in [-0.1, -0.05) is 44.5 Å². The Labute approximate surface area is 120 Å². The number of hydrogen-bond donors (Lipinski definition) is 0. The molecule has 2 aromatic rings. The van der Waals surface area contributed by atoms with E-state index in [-0.39, 0.29) is 5.41 Å². The van der Waals surface area contributed by atoms with E-state index in [4.69, 9.17) is 16.7 Å². The van der Waals surface area contributed by atoms with E-state index in [1.165, 1.54) is 5.69 Å². The zero-order chi connectivity index (χ0) is 14.2. The zero-order valence-corrected chi connectivity index (χ0v) is 13.0. The summed E-state index contributed by atoms with van der Waals surface area (Å²) in [5, 5.41) is 5.50. The van der Waals surface area contributed by atoms with Crippen molar-refractivity contribution in [3.8, 4) is 11.3 Å². The molecule has 0 saturated carbocycles. The molecular formula is C16H21ClN2. The van der Waals surface area contributed by atoms with Crippen LogP contribution in [0, 0.1) is 0 Å². The van der Waals surface area contributed by atoms with E-state index in [1.54, 1.807) is 0 Å². The summed E-state index contributed by atoms with van der Waals surface area (Å²) in [4.78, 5) is 0. The van der Waals surface area contributed by atoms with Crippen LogP contribution >= 0.6 is 11.6 Å². The first-order valence-corrected chi connectivity index (χ1v) is 7.03. The standard InChI is InChI=1S/C16H21ClN2/c1-11(2)19-15(16(3,4)5)10-14(18-19)12-6-8-13(17)9-7-12/h6-11H,1-5H3. The molecule has 19 heavy (non-hydrogen) atoms. The smallest absolute Gasteiger partial charge is 0.0926 e. The molecule has 1 heterocycles. The number of halogens is 1. The predicted octanol–water partition coefficient (Wildman–Crippen LogP) is 5.08.